The van der Waals surface area contributed by atoms with Gasteiger partial charge in [-0.15, -0.1) is 0 Å². The second-order valence-corrected chi connectivity index (χ2v) is 7.54. The Kier molecular flexibility index (Phi) is 7.64. The van der Waals surface area contributed by atoms with Gasteiger partial charge in [-0.05, 0) is 37.2 Å². The predicted molar refractivity (Wildman–Crippen MR) is 100 cm³/mol. The maximum atomic E-state index is 11.3. The molecule has 0 saturated carbocycles. The second-order valence-electron chi connectivity index (χ2n) is 7.54. The molecule has 3 rings (SSSR count). The molecular formula is C21H31NO5. The summed E-state index contributed by atoms with van der Waals surface area (Å²) in [6, 6.07) is 10.3. The van der Waals surface area contributed by atoms with Crippen molar-refractivity contribution in [1.29, 1.82) is 0 Å². The Hall–Kier alpha value is -1.47. The molecule has 0 spiro atoms. The topological polar surface area (TPSA) is 68.2 Å². The van der Waals surface area contributed by atoms with Crippen molar-refractivity contribution >= 4 is 5.91 Å². The third-order valence-corrected chi connectivity index (χ3v) is 5.65. The summed E-state index contributed by atoms with van der Waals surface area (Å²) in [5, 5.41) is 9.65. The van der Waals surface area contributed by atoms with E-state index in [1.165, 1.54) is 12.6 Å². The van der Waals surface area contributed by atoms with Crippen LogP contribution in [0.3, 0.4) is 0 Å². The Balaban J connectivity index is 1.35. The molecule has 4 atom stereocenters. The van der Waals surface area contributed by atoms with Gasteiger partial charge in [0, 0.05) is 32.6 Å². The maximum Gasteiger partial charge on any atom is 0.245 e. The first-order chi connectivity index (χ1) is 13.1. The van der Waals surface area contributed by atoms with Crippen LogP contribution in [0.4, 0.5) is 0 Å². The van der Waals surface area contributed by atoms with Gasteiger partial charge in [0.15, 0.2) is 0 Å². The van der Waals surface area contributed by atoms with Crippen LogP contribution in [0.25, 0.3) is 0 Å². The van der Waals surface area contributed by atoms with E-state index in [1.54, 1.807) is 0 Å². The van der Waals surface area contributed by atoms with E-state index in [4.69, 9.17) is 19.4 Å². The highest BCUT2D eigenvalue weighted by Crippen LogP contribution is 2.45. The third kappa shape index (κ3) is 5.75. The zero-order valence-corrected chi connectivity index (χ0v) is 16.1. The number of hydrogen-bond donors (Lipinski definition) is 1. The molecule has 1 N–H and O–H groups in total. The molecule has 2 saturated heterocycles. The normalized spacial score (nSPS) is 26.4. The molecule has 27 heavy (non-hydrogen) atoms. The molecule has 2 aliphatic rings. The number of rotatable bonds is 11. The number of hydroxylamine groups is 2. The van der Waals surface area contributed by atoms with E-state index in [0.29, 0.717) is 61.8 Å². The molecule has 0 aromatic heterocycles. The van der Waals surface area contributed by atoms with Crippen LogP contribution < -0.4 is 0 Å². The van der Waals surface area contributed by atoms with Crippen molar-refractivity contribution in [2.24, 2.45) is 11.8 Å². The fourth-order valence-electron chi connectivity index (χ4n) is 4.20. The quantitative estimate of drug-likeness (QED) is 0.365. The molecule has 1 aromatic carbocycles. The molecule has 2 aliphatic heterocycles. The van der Waals surface area contributed by atoms with Gasteiger partial charge in [0.1, 0.15) is 0 Å². The maximum absolute atomic E-state index is 11.3. The van der Waals surface area contributed by atoms with Crippen LogP contribution in [0.5, 0.6) is 0 Å². The molecule has 6 heteroatoms. The molecule has 1 aromatic rings. The van der Waals surface area contributed by atoms with Crippen LogP contribution >= 0.6 is 0 Å². The molecule has 150 valence electrons. The van der Waals surface area contributed by atoms with Crippen LogP contribution in [0.15, 0.2) is 30.3 Å². The van der Waals surface area contributed by atoms with Crippen molar-refractivity contribution in [2.75, 3.05) is 26.9 Å². The number of benzene rings is 1. The van der Waals surface area contributed by atoms with Gasteiger partial charge >= 0.3 is 0 Å². The SMILES string of the molecule is CN(O)C(=O)CCCOCC[C@@H]1[C@H](COCc2ccccc2)[C@@H]2CC[C@H]1O2. The molecule has 0 aliphatic carbocycles. The monoisotopic (exact) mass is 377 g/mol. The molecule has 0 radical (unpaired) electrons. The highest BCUT2D eigenvalue weighted by molar-refractivity contribution is 5.74. The van der Waals surface area contributed by atoms with Crippen molar-refractivity contribution in [3.05, 3.63) is 35.9 Å². The number of amides is 1. The lowest BCUT2D eigenvalue weighted by Crippen LogP contribution is -2.31. The fourth-order valence-corrected chi connectivity index (χ4v) is 4.20. The Morgan fingerprint density at radius 2 is 1.89 bits per heavy atom. The van der Waals surface area contributed by atoms with Crippen LogP contribution in [-0.4, -0.2) is 55.3 Å². The molecule has 2 heterocycles. The van der Waals surface area contributed by atoms with E-state index in [9.17, 15) is 4.79 Å². The Labute approximate surface area is 161 Å². The van der Waals surface area contributed by atoms with Gasteiger partial charge in [0.05, 0.1) is 25.4 Å². The number of carbonyl (C=O) groups is 1. The molecule has 2 bridgehead atoms. The smallest absolute Gasteiger partial charge is 0.245 e. The average Bonchev–Trinajstić information content (AvgIpc) is 3.27. The van der Waals surface area contributed by atoms with Crippen LogP contribution in [0, 0.1) is 11.8 Å². The predicted octanol–water partition coefficient (Wildman–Crippen LogP) is 3.03. The fraction of sp³-hybridized carbons (Fsp3) is 0.667. The first-order valence-electron chi connectivity index (χ1n) is 9.95. The second kappa shape index (κ2) is 10.2. The van der Waals surface area contributed by atoms with Gasteiger partial charge in [-0.2, -0.15) is 0 Å². The zero-order chi connectivity index (χ0) is 19.1. The van der Waals surface area contributed by atoms with Crippen LogP contribution in [0.1, 0.15) is 37.7 Å². The Morgan fingerprint density at radius 1 is 1.15 bits per heavy atom. The summed E-state index contributed by atoms with van der Waals surface area (Å²) in [4.78, 5) is 11.3. The average molecular weight is 377 g/mol. The number of carbonyl (C=O) groups excluding carboxylic acids is 1. The zero-order valence-electron chi connectivity index (χ0n) is 16.1. The number of fused-ring (bicyclic) bond motifs is 2. The lowest BCUT2D eigenvalue weighted by molar-refractivity contribution is -0.159. The van der Waals surface area contributed by atoms with Gasteiger partial charge in [-0.3, -0.25) is 10.0 Å². The van der Waals surface area contributed by atoms with Crippen LogP contribution in [-0.2, 0) is 25.6 Å². The largest absolute Gasteiger partial charge is 0.381 e. The highest BCUT2D eigenvalue weighted by atomic mass is 16.5. The first kappa shape index (κ1) is 20.3. The Bertz CT molecular complexity index is 579. The minimum absolute atomic E-state index is 0.282. The van der Waals surface area contributed by atoms with Gasteiger partial charge in [-0.25, -0.2) is 5.06 Å². The molecule has 0 unspecified atom stereocenters. The van der Waals surface area contributed by atoms with E-state index in [0.717, 1.165) is 25.9 Å². The molecule has 2 fully saturated rings. The van der Waals surface area contributed by atoms with Gasteiger partial charge < -0.3 is 14.2 Å². The lowest BCUT2D eigenvalue weighted by Gasteiger charge is -2.27. The number of ether oxygens (including phenoxy) is 3. The van der Waals surface area contributed by atoms with Crippen LogP contribution in [0.2, 0.25) is 0 Å². The summed E-state index contributed by atoms with van der Waals surface area (Å²) < 4.78 is 17.8. The summed E-state index contributed by atoms with van der Waals surface area (Å²) >= 11 is 0. The van der Waals surface area contributed by atoms with Crippen molar-refractivity contribution in [3.63, 3.8) is 0 Å². The highest BCUT2D eigenvalue weighted by Gasteiger charge is 2.48. The Morgan fingerprint density at radius 3 is 2.63 bits per heavy atom. The van der Waals surface area contributed by atoms with Crippen molar-refractivity contribution in [2.45, 2.75) is 50.9 Å². The van der Waals surface area contributed by atoms with E-state index in [-0.39, 0.29) is 5.91 Å². The molecule has 6 nitrogen and oxygen atoms in total. The van der Waals surface area contributed by atoms with E-state index >= 15 is 0 Å². The van der Waals surface area contributed by atoms with Crippen molar-refractivity contribution in [3.8, 4) is 0 Å². The number of nitrogens with zero attached hydrogens (tertiary/aromatic N) is 1. The van der Waals surface area contributed by atoms with E-state index < -0.39 is 0 Å². The number of hydrogen-bond acceptors (Lipinski definition) is 5. The minimum Gasteiger partial charge on any atom is -0.381 e. The summed E-state index contributed by atoms with van der Waals surface area (Å²) in [6.45, 7) is 2.59. The van der Waals surface area contributed by atoms with E-state index in [1.807, 2.05) is 18.2 Å². The van der Waals surface area contributed by atoms with Gasteiger partial charge in [0.2, 0.25) is 5.91 Å². The summed E-state index contributed by atoms with van der Waals surface area (Å²) in [5.41, 5.74) is 1.20. The summed E-state index contributed by atoms with van der Waals surface area (Å²) in [7, 11) is 1.35. The molecular weight excluding hydrogens is 346 g/mol. The molecule has 1 amide bonds. The lowest BCUT2D eigenvalue weighted by atomic mass is 9.78. The third-order valence-electron chi connectivity index (χ3n) is 5.65. The standard InChI is InChI=1S/C21H31NO5/c1-22(24)21(23)8-5-12-25-13-11-17-18(20-10-9-19(17)27-20)15-26-14-16-6-3-2-4-7-16/h2-4,6-7,17-20,24H,5,8-15H2,1H3/t17-,18+,19-,20+/m1/s1. The van der Waals surface area contributed by atoms with Crippen molar-refractivity contribution in [1.82, 2.24) is 5.06 Å². The summed E-state index contributed by atoms with van der Waals surface area (Å²) in [6.07, 6.45) is 4.84. The first-order valence-corrected chi connectivity index (χ1v) is 9.95. The van der Waals surface area contributed by atoms with Gasteiger partial charge in [-0.1, -0.05) is 30.3 Å². The summed E-state index contributed by atoms with van der Waals surface area (Å²) in [5.74, 6) is 0.654. The van der Waals surface area contributed by atoms with E-state index in [2.05, 4.69) is 12.1 Å². The van der Waals surface area contributed by atoms with Gasteiger partial charge in [0.25, 0.3) is 0 Å². The minimum atomic E-state index is -0.282. The van der Waals surface area contributed by atoms with Crippen molar-refractivity contribution < 1.29 is 24.2 Å².